The molecule has 0 aromatic carbocycles. The predicted molar refractivity (Wildman–Crippen MR) is 105 cm³/mol. The summed E-state index contributed by atoms with van der Waals surface area (Å²) in [4.78, 5) is 18.5. The number of pyridine rings is 1. The van der Waals surface area contributed by atoms with Gasteiger partial charge in [-0.2, -0.15) is 0 Å². The van der Waals surface area contributed by atoms with Gasteiger partial charge in [-0.3, -0.25) is 9.78 Å². The number of halogens is 2. The number of rotatable bonds is 7. The molecule has 1 aromatic heterocycles. The molecule has 0 unspecified atom stereocenters. The van der Waals surface area contributed by atoms with Gasteiger partial charge in [0.1, 0.15) is 0 Å². The van der Waals surface area contributed by atoms with Crippen molar-refractivity contribution in [2.45, 2.75) is 37.5 Å². The number of amides is 1. The second-order valence-corrected chi connectivity index (χ2v) is 7.31. The molecule has 0 bridgehead atoms. The number of likely N-dealkylation sites (tertiary alicyclic amines) is 1. The summed E-state index contributed by atoms with van der Waals surface area (Å²) in [7, 11) is 0. The fourth-order valence-electron chi connectivity index (χ4n) is 2.81. The zero-order valence-corrected chi connectivity index (χ0v) is 16.3. The molecule has 1 aromatic rings. The maximum Gasteiger partial charge on any atom is 0.232 e. The molecular weight excluding hydrogens is 365 g/mol. The zero-order chi connectivity index (χ0) is 15.2. The van der Waals surface area contributed by atoms with Crippen LogP contribution in [0.15, 0.2) is 24.4 Å². The van der Waals surface area contributed by atoms with Crippen LogP contribution in [0.1, 0.15) is 31.4 Å². The van der Waals surface area contributed by atoms with E-state index in [2.05, 4.69) is 10.3 Å². The van der Waals surface area contributed by atoms with Crippen LogP contribution >= 0.6 is 36.6 Å². The van der Waals surface area contributed by atoms with E-state index >= 15 is 0 Å². The van der Waals surface area contributed by atoms with Gasteiger partial charge in [0.2, 0.25) is 5.91 Å². The van der Waals surface area contributed by atoms with Crippen LogP contribution < -0.4 is 5.32 Å². The first-order valence-corrected chi connectivity index (χ1v) is 9.45. The molecule has 1 saturated carbocycles. The van der Waals surface area contributed by atoms with E-state index in [1.165, 1.54) is 19.4 Å². The lowest BCUT2D eigenvalue weighted by molar-refractivity contribution is -0.129. The zero-order valence-electron chi connectivity index (χ0n) is 13.9. The van der Waals surface area contributed by atoms with E-state index in [1.807, 2.05) is 23.1 Å². The molecule has 3 rings (SSSR count). The molecule has 136 valence electrons. The second-order valence-electron chi connectivity index (χ2n) is 6.32. The SMILES string of the molecule is Cl.Cl.O=C(CSCc1ccccn1)N1CCC(NCC2CC2)CC1. The molecule has 4 nitrogen and oxygen atoms in total. The third-order valence-corrected chi connectivity index (χ3v) is 5.39. The van der Waals surface area contributed by atoms with Gasteiger partial charge in [0.25, 0.3) is 0 Å². The van der Waals surface area contributed by atoms with Crippen LogP contribution in [-0.2, 0) is 10.5 Å². The highest BCUT2D eigenvalue weighted by Gasteiger charge is 2.25. The third-order valence-electron chi connectivity index (χ3n) is 4.44. The Morgan fingerprint density at radius 3 is 2.58 bits per heavy atom. The molecule has 1 aliphatic carbocycles. The van der Waals surface area contributed by atoms with Crippen molar-refractivity contribution in [3.05, 3.63) is 30.1 Å². The number of piperidine rings is 1. The lowest BCUT2D eigenvalue weighted by Gasteiger charge is -2.32. The molecule has 0 atom stereocenters. The molecule has 1 aliphatic heterocycles. The Bertz CT molecular complexity index is 480. The van der Waals surface area contributed by atoms with E-state index in [-0.39, 0.29) is 30.7 Å². The van der Waals surface area contributed by atoms with Crippen LogP contribution in [0, 0.1) is 5.92 Å². The van der Waals surface area contributed by atoms with Crippen LogP contribution in [0.2, 0.25) is 0 Å². The van der Waals surface area contributed by atoms with Crippen LogP contribution in [0.3, 0.4) is 0 Å². The molecule has 1 saturated heterocycles. The number of thioether (sulfide) groups is 1. The molecule has 2 aliphatic rings. The summed E-state index contributed by atoms with van der Waals surface area (Å²) in [5, 5.41) is 3.66. The van der Waals surface area contributed by atoms with E-state index in [4.69, 9.17) is 0 Å². The van der Waals surface area contributed by atoms with Crippen molar-refractivity contribution in [1.29, 1.82) is 0 Å². The first-order valence-electron chi connectivity index (χ1n) is 8.30. The van der Waals surface area contributed by atoms with Crippen molar-refractivity contribution in [2.75, 3.05) is 25.4 Å². The van der Waals surface area contributed by atoms with Gasteiger partial charge in [-0.25, -0.2) is 0 Å². The van der Waals surface area contributed by atoms with Crippen molar-refractivity contribution in [1.82, 2.24) is 15.2 Å². The van der Waals surface area contributed by atoms with E-state index in [0.717, 1.165) is 43.3 Å². The van der Waals surface area contributed by atoms with Gasteiger partial charge in [0.15, 0.2) is 0 Å². The number of nitrogens with zero attached hydrogens (tertiary/aromatic N) is 2. The average Bonchev–Trinajstić information content (AvgIpc) is 3.39. The Kier molecular flexibility index (Phi) is 10.0. The third kappa shape index (κ3) is 7.18. The van der Waals surface area contributed by atoms with Gasteiger partial charge in [0, 0.05) is 31.1 Å². The van der Waals surface area contributed by atoms with Gasteiger partial charge in [-0.1, -0.05) is 6.07 Å². The van der Waals surface area contributed by atoms with Crippen molar-refractivity contribution < 1.29 is 4.79 Å². The molecule has 2 fully saturated rings. The summed E-state index contributed by atoms with van der Waals surface area (Å²) in [6.45, 7) is 3.00. The highest BCUT2D eigenvalue weighted by molar-refractivity contribution is 7.99. The molecule has 0 radical (unpaired) electrons. The normalized spacial score (nSPS) is 17.8. The Hall–Kier alpha value is -0.490. The van der Waals surface area contributed by atoms with Gasteiger partial charge in [-0.15, -0.1) is 36.6 Å². The number of hydrogen-bond acceptors (Lipinski definition) is 4. The molecule has 0 spiro atoms. The standard InChI is InChI=1S/C17H25N3OS.2ClH/c21-17(13-22-12-16-3-1-2-8-18-16)20-9-6-15(7-10-20)19-11-14-4-5-14;;/h1-3,8,14-15,19H,4-7,9-13H2;2*1H. The minimum atomic E-state index is 0. The van der Waals surface area contributed by atoms with Gasteiger partial charge >= 0.3 is 0 Å². The van der Waals surface area contributed by atoms with Crippen molar-refractivity contribution in [3.63, 3.8) is 0 Å². The number of carbonyl (C=O) groups excluding carboxylic acids is 1. The topological polar surface area (TPSA) is 45.2 Å². The monoisotopic (exact) mass is 391 g/mol. The fraction of sp³-hybridized carbons (Fsp3) is 0.647. The average molecular weight is 392 g/mol. The molecule has 24 heavy (non-hydrogen) atoms. The highest BCUT2D eigenvalue weighted by atomic mass is 35.5. The van der Waals surface area contributed by atoms with Crippen molar-refractivity contribution >= 4 is 42.5 Å². The first-order chi connectivity index (χ1) is 10.8. The quantitative estimate of drug-likeness (QED) is 0.775. The van der Waals surface area contributed by atoms with Crippen molar-refractivity contribution in [3.8, 4) is 0 Å². The van der Waals surface area contributed by atoms with Gasteiger partial charge in [0.05, 0.1) is 11.4 Å². The molecule has 7 heteroatoms. The summed E-state index contributed by atoms with van der Waals surface area (Å²) >= 11 is 1.66. The van der Waals surface area contributed by atoms with E-state index in [0.29, 0.717) is 11.8 Å². The maximum absolute atomic E-state index is 12.2. The van der Waals surface area contributed by atoms with Gasteiger partial charge in [-0.05, 0) is 50.3 Å². The van der Waals surface area contributed by atoms with E-state index in [1.54, 1.807) is 18.0 Å². The lowest BCUT2D eigenvalue weighted by atomic mass is 10.0. The smallest absolute Gasteiger partial charge is 0.232 e. The molecule has 1 N–H and O–H groups in total. The maximum atomic E-state index is 12.2. The van der Waals surface area contributed by atoms with Crippen LogP contribution in [0.5, 0.6) is 0 Å². The second kappa shape index (κ2) is 11.2. The Balaban J connectivity index is 0.00000144. The van der Waals surface area contributed by atoms with Crippen LogP contribution in [0.4, 0.5) is 0 Å². The van der Waals surface area contributed by atoms with Crippen molar-refractivity contribution in [2.24, 2.45) is 5.92 Å². The molecule has 2 heterocycles. The fourth-order valence-corrected chi connectivity index (χ4v) is 3.65. The Labute approximate surface area is 161 Å². The number of aromatic nitrogens is 1. The first kappa shape index (κ1) is 21.6. The van der Waals surface area contributed by atoms with E-state index in [9.17, 15) is 4.79 Å². The highest BCUT2D eigenvalue weighted by Crippen LogP contribution is 2.28. The Morgan fingerprint density at radius 2 is 1.96 bits per heavy atom. The minimum absolute atomic E-state index is 0. The summed E-state index contributed by atoms with van der Waals surface area (Å²) in [5.41, 5.74) is 1.04. The summed E-state index contributed by atoms with van der Waals surface area (Å²) < 4.78 is 0. The number of hydrogen-bond donors (Lipinski definition) is 1. The van der Waals surface area contributed by atoms with Crippen LogP contribution in [-0.4, -0.2) is 47.2 Å². The summed E-state index contributed by atoms with van der Waals surface area (Å²) in [6.07, 6.45) is 6.81. The molecule has 1 amide bonds. The summed E-state index contributed by atoms with van der Waals surface area (Å²) in [5.74, 6) is 2.59. The molecular formula is C17H27Cl2N3OS. The van der Waals surface area contributed by atoms with Gasteiger partial charge < -0.3 is 10.2 Å². The number of nitrogens with one attached hydrogen (secondary N) is 1. The minimum Gasteiger partial charge on any atom is -0.342 e. The Morgan fingerprint density at radius 1 is 1.21 bits per heavy atom. The number of carbonyl (C=O) groups is 1. The summed E-state index contributed by atoms with van der Waals surface area (Å²) in [6, 6.07) is 6.53. The lowest BCUT2D eigenvalue weighted by Crippen LogP contribution is -2.45. The predicted octanol–water partition coefficient (Wildman–Crippen LogP) is 3.15. The largest absolute Gasteiger partial charge is 0.342 e. The van der Waals surface area contributed by atoms with Crippen LogP contribution in [0.25, 0.3) is 0 Å². The van der Waals surface area contributed by atoms with E-state index < -0.39 is 0 Å².